The highest BCUT2D eigenvalue weighted by molar-refractivity contribution is 5.96. The van der Waals surface area contributed by atoms with Gasteiger partial charge in [-0.3, -0.25) is 9.59 Å². The standard InChI is InChI=1S/C20H19FN6O3/c1-30-17-4-2-3-13(9-17)20-23-25-27(24-20)12-18(28)22-15-10-19(29)26(11-15)16-7-5-14(21)6-8-16/h2-9,15H,10-12H2,1H3,(H,22,28)/t15-/m0/s1. The summed E-state index contributed by atoms with van der Waals surface area (Å²) in [6.45, 7) is 0.189. The van der Waals surface area contributed by atoms with Crippen LogP contribution >= 0.6 is 0 Å². The van der Waals surface area contributed by atoms with Gasteiger partial charge in [0.05, 0.1) is 13.2 Å². The van der Waals surface area contributed by atoms with E-state index in [0.717, 1.165) is 5.56 Å². The highest BCUT2D eigenvalue weighted by Gasteiger charge is 2.31. The number of halogens is 1. The van der Waals surface area contributed by atoms with Gasteiger partial charge in [-0.2, -0.15) is 4.80 Å². The number of amides is 2. The van der Waals surface area contributed by atoms with Crippen LogP contribution in [0, 0.1) is 5.82 Å². The predicted molar refractivity (Wildman–Crippen MR) is 105 cm³/mol. The molecule has 2 aromatic carbocycles. The summed E-state index contributed by atoms with van der Waals surface area (Å²) < 4.78 is 18.3. The fraction of sp³-hybridized carbons (Fsp3) is 0.250. The molecule has 9 nitrogen and oxygen atoms in total. The molecule has 1 saturated heterocycles. The van der Waals surface area contributed by atoms with E-state index in [1.165, 1.54) is 34.0 Å². The number of ether oxygens (including phenoxy) is 1. The van der Waals surface area contributed by atoms with Gasteiger partial charge < -0.3 is 15.0 Å². The van der Waals surface area contributed by atoms with Crippen LogP contribution in [0.2, 0.25) is 0 Å². The summed E-state index contributed by atoms with van der Waals surface area (Å²) >= 11 is 0. The SMILES string of the molecule is COc1cccc(-c2nnn(CC(=O)N[C@H]3CC(=O)N(c4ccc(F)cc4)C3)n2)c1. The van der Waals surface area contributed by atoms with Gasteiger partial charge in [0, 0.05) is 24.2 Å². The largest absolute Gasteiger partial charge is 0.497 e. The Morgan fingerprint density at radius 1 is 1.27 bits per heavy atom. The predicted octanol–water partition coefficient (Wildman–Crippen LogP) is 1.41. The molecule has 154 valence electrons. The second-order valence-corrected chi connectivity index (χ2v) is 6.82. The van der Waals surface area contributed by atoms with Crippen LogP contribution in [0.25, 0.3) is 11.4 Å². The van der Waals surface area contributed by atoms with Crippen molar-refractivity contribution in [2.45, 2.75) is 19.0 Å². The fourth-order valence-corrected chi connectivity index (χ4v) is 3.26. The summed E-state index contributed by atoms with van der Waals surface area (Å²) in [5.41, 5.74) is 1.32. The smallest absolute Gasteiger partial charge is 0.243 e. The van der Waals surface area contributed by atoms with Crippen molar-refractivity contribution in [3.63, 3.8) is 0 Å². The zero-order chi connectivity index (χ0) is 21.1. The van der Waals surface area contributed by atoms with Crippen LogP contribution in [0.15, 0.2) is 48.5 Å². The monoisotopic (exact) mass is 410 g/mol. The molecule has 1 aliphatic rings. The molecule has 0 radical (unpaired) electrons. The van der Waals surface area contributed by atoms with E-state index in [-0.39, 0.29) is 36.6 Å². The van der Waals surface area contributed by atoms with Crippen LogP contribution in [0.5, 0.6) is 5.75 Å². The van der Waals surface area contributed by atoms with Crippen LogP contribution in [0.3, 0.4) is 0 Å². The van der Waals surface area contributed by atoms with Crippen molar-refractivity contribution < 1.29 is 18.7 Å². The number of methoxy groups -OCH3 is 1. The number of anilines is 1. The minimum absolute atomic E-state index is 0.127. The van der Waals surface area contributed by atoms with Crippen LogP contribution in [0.4, 0.5) is 10.1 Å². The van der Waals surface area contributed by atoms with Gasteiger partial charge in [-0.25, -0.2) is 4.39 Å². The van der Waals surface area contributed by atoms with Crippen LogP contribution < -0.4 is 15.0 Å². The number of nitrogens with one attached hydrogen (secondary N) is 1. The first-order valence-corrected chi connectivity index (χ1v) is 9.29. The molecule has 1 aliphatic heterocycles. The van der Waals surface area contributed by atoms with E-state index < -0.39 is 0 Å². The maximum Gasteiger partial charge on any atom is 0.243 e. The molecular weight excluding hydrogens is 391 g/mol. The summed E-state index contributed by atoms with van der Waals surface area (Å²) in [6, 6.07) is 12.5. The van der Waals surface area contributed by atoms with Crippen molar-refractivity contribution in [1.82, 2.24) is 25.5 Å². The average molecular weight is 410 g/mol. The molecular formula is C20H19FN6O3. The zero-order valence-electron chi connectivity index (χ0n) is 16.2. The highest BCUT2D eigenvalue weighted by Crippen LogP contribution is 2.22. The van der Waals surface area contributed by atoms with E-state index >= 15 is 0 Å². The first-order chi connectivity index (χ1) is 14.5. The van der Waals surface area contributed by atoms with Gasteiger partial charge in [-0.15, -0.1) is 10.2 Å². The van der Waals surface area contributed by atoms with Gasteiger partial charge in [0.25, 0.3) is 0 Å². The van der Waals surface area contributed by atoms with E-state index in [1.54, 1.807) is 19.2 Å². The molecule has 1 fully saturated rings. The molecule has 0 aliphatic carbocycles. The molecule has 0 bridgehead atoms. The number of benzene rings is 2. The number of tetrazole rings is 1. The van der Waals surface area contributed by atoms with Gasteiger partial charge in [0.15, 0.2) is 0 Å². The molecule has 0 unspecified atom stereocenters. The summed E-state index contributed by atoms with van der Waals surface area (Å²) in [5, 5.41) is 14.9. The summed E-state index contributed by atoms with van der Waals surface area (Å²) in [7, 11) is 1.57. The number of carbonyl (C=O) groups is 2. The molecule has 1 atom stereocenters. The second-order valence-electron chi connectivity index (χ2n) is 6.82. The zero-order valence-corrected chi connectivity index (χ0v) is 16.2. The third-order valence-corrected chi connectivity index (χ3v) is 4.69. The fourth-order valence-electron chi connectivity index (χ4n) is 3.26. The first-order valence-electron chi connectivity index (χ1n) is 9.29. The first kappa shape index (κ1) is 19.5. The van der Waals surface area contributed by atoms with Crippen molar-refractivity contribution in [3.8, 4) is 17.1 Å². The van der Waals surface area contributed by atoms with Crippen molar-refractivity contribution in [2.75, 3.05) is 18.6 Å². The van der Waals surface area contributed by atoms with E-state index in [2.05, 4.69) is 20.7 Å². The molecule has 1 aromatic heterocycles. The van der Waals surface area contributed by atoms with E-state index in [0.29, 0.717) is 23.8 Å². The number of nitrogens with zero attached hydrogens (tertiary/aromatic N) is 5. The second kappa shape index (κ2) is 8.27. The van der Waals surface area contributed by atoms with Crippen molar-refractivity contribution in [1.29, 1.82) is 0 Å². The van der Waals surface area contributed by atoms with Gasteiger partial charge in [0.1, 0.15) is 18.1 Å². The van der Waals surface area contributed by atoms with Crippen LogP contribution in [-0.2, 0) is 16.1 Å². The van der Waals surface area contributed by atoms with Gasteiger partial charge in [0.2, 0.25) is 17.6 Å². The lowest BCUT2D eigenvalue weighted by Crippen LogP contribution is -2.39. The molecule has 30 heavy (non-hydrogen) atoms. The Morgan fingerprint density at radius 2 is 2.07 bits per heavy atom. The number of rotatable bonds is 6. The molecule has 0 saturated carbocycles. The Labute approximate surface area is 171 Å². The van der Waals surface area contributed by atoms with Gasteiger partial charge in [-0.1, -0.05) is 12.1 Å². The Balaban J connectivity index is 1.35. The molecule has 1 N–H and O–H groups in total. The molecule has 10 heteroatoms. The van der Waals surface area contributed by atoms with Crippen LogP contribution in [-0.4, -0.2) is 51.7 Å². The minimum Gasteiger partial charge on any atom is -0.497 e. The Hall–Kier alpha value is -3.82. The molecule has 0 spiro atoms. The molecule has 2 amide bonds. The number of hydrogen-bond donors (Lipinski definition) is 1. The van der Waals surface area contributed by atoms with Crippen molar-refractivity contribution >= 4 is 17.5 Å². The van der Waals surface area contributed by atoms with E-state index in [4.69, 9.17) is 4.74 Å². The van der Waals surface area contributed by atoms with Crippen molar-refractivity contribution in [3.05, 3.63) is 54.3 Å². The average Bonchev–Trinajstić information content (AvgIpc) is 3.35. The lowest BCUT2D eigenvalue weighted by molar-refractivity contribution is -0.122. The van der Waals surface area contributed by atoms with E-state index in [1.807, 2.05) is 12.1 Å². The Bertz CT molecular complexity index is 1070. The molecule has 4 rings (SSSR count). The number of hydrogen-bond acceptors (Lipinski definition) is 6. The number of aromatic nitrogens is 4. The molecule has 2 heterocycles. The quantitative estimate of drug-likeness (QED) is 0.659. The maximum atomic E-state index is 13.1. The van der Waals surface area contributed by atoms with Gasteiger partial charge >= 0.3 is 0 Å². The third kappa shape index (κ3) is 4.27. The summed E-state index contributed by atoms with van der Waals surface area (Å²) in [6.07, 6.45) is 0.170. The van der Waals surface area contributed by atoms with Gasteiger partial charge in [-0.05, 0) is 41.6 Å². The summed E-state index contributed by atoms with van der Waals surface area (Å²) in [5.74, 6) is 0.205. The molecule has 3 aromatic rings. The third-order valence-electron chi connectivity index (χ3n) is 4.69. The van der Waals surface area contributed by atoms with Crippen LogP contribution in [0.1, 0.15) is 6.42 Å². The highest BCUT2D eigenvalue weighted by atomic mass is 19.1. The minimum atomic E-state index is -0.371. The maximum absolute atomic E-state index is 13.1. The lowest BCUT2D eigenvalue weighted by Gasteiger charge is -2.17. The Morgan fingerprint density at radius 3 is 2.83 bits per heavy atom. The Kier molecular flexibility index (Phi) is 5.38. The van der Waals surface area contributed by atoms with Crippen molar-refractivity contribution in [2.24, 2.45) is 0 Å². The normalized spacial score (nSPS) is 16.0. The lowest BCUT2D eigenvalue weighted by atomic mass is 10.2. The summed E-state index contributed by atoms with van der Waals surface area (Å²) in [4.78, 5) is 27.3. The topological polar surface area (TPSA) is 102 Å². The van der Waals surface area contributed by atoms with E-state index in [9.17, 15) is 14.0 Å². The number of carbonyl (C=O) groups excluding carboxylic acids is 2.